The molecule has 1 amide bonds. The molecule has 0 bridgehead atoms. The van der Waals surface area contributed by atoms with Crippen molar-refractivity contribution in [1.82, 2.24) is 10.2 Å². The maximum absolute atomic E-state index is 13.7. The van der Waals surface area contributed by atoms with Gasteiger partial charge in [-0.3, -0.25) is 10.1 Å². The molecule has 1 aliphatic rings. The summed E-state index contributed by atoms with van der Waals surface area (Å²) in [6.45, 7) is 8.69. The second-order valence-electron chi connectivity index (χ2n) is 12.5. The summed E-state index contributed by atoms with van der Waals surface area (Å²) in [4.78, 5) is 15.6. The van der Waals surface area contributed by atoms with Gasteiger partial charge in [0.25, 0.3) is 0 Å². The van der Waals surface area contributed by atoms with E-state index in [1.807, 2.05) is 11.8 Å². The van der Waals surface area contributed by atoms with Crippen LogP contribution in [0, 0.1) is 5.41 Å². The van der Waals surface area contributed by atoms with Crippen LogP contribution in [0.1, 0.15) is 175 Å². The standard InChI is InChI=1S/C35H68N2O2/c1-4-6-8-10-12-14-16-17-18-19-21-23-25-27-29-35(33(3)38,34(39)37-31-30-36-32-37)28-26-24-22-20-15-13-11-9-7-5-2/h17-18,33,36,38H,4-16,19-32H2,1-3H3/b18-17-. The lowest BCUT2D eigenvalue weighted by Crippen LogP contribution is -2.49. The smallest absolute Gasteiger partial charge is 0.232 e. The topological polar surface area (TPSA) is 52.6 Å². The number of carbonyl (C=O) groups is 1. The van der Waals surface area contributed by atoms with Gasteiger partial charge in [-0.2, -0.15) is 0 Å². The number of unbranched alkanes of at least 4 members (excludes halogenated alkanes) is 19. The van der Waals surface area contributed by atoms with Gasteiger partial charge >= 0.3 is 0 Å². The zero-order chi connectivity index (χ0) is 28.4. The van der Waals surface area contributed by atoms with E-state index >= 15 is 0 Å². The molecule has 1 rings (SSSR count). The monoisotopic (exact) mass is 549 g/mol. The molecule has 2 N–H and O–H groups in total. The Morgan fingerprint density at radius 2 is 1.13 bits per heavy atom. The summed E-state index contributed by atoms with van der Waals surface area (Å²) >= 11 is 0. The summed E-state index contributed by atoms with van der Waals surface area (Å²) in [5, 5.41) is 14.3. The van der Waals surface area contributed by atoms with E-state index in [9.17, 15) is 9.90 Å². The van der Waals surface area contributed by atoms with Crippen LogP contribution in [-0.2, 0) is 4.79 Å². The highest BCUT2D eigenvalue weighted by molar-refractivity contribution is 5.83. The molecule has 0 aromatic heterocycles. The highest BCUT2D eigenvalue weighted by Crippen LogP contribution is 2.38. The third-order valence-electron chi connectivity index (χ3n) is 8.99. The van der Waals surface area contributed by atoms with Crippen LogP contribution >= 0.6 is 0 Å². The van der Waals surface area contributed by atoms with Gasteiger partial charge in [-0.1, -0.05) is 142 Å². The van der Waals surface area contributed by atoms with Crippen molar-refractivity contribution in [2.45, 2.75) is 181 Å². The summed E-state index contributed by atoms with van der Waals surface area (Å²) in [6.07, 6.45) is 34.1. The number of aliphatic hydroxyl groups excluding tert-OH is 1. The van der Waals surface area contributed by atoms with Gasteiger partial charge in [-0.15, -0.1) is 0 Å². The number of nitrogens with zero attached hydrogens (tertiary/aromatic N) is 1. The van der Waals surface area contributed by atoms with E-state index in [0.717, 1.165) is 45.2 Å². The number of hydrogen-bond acceptors (Lipinski definition) is 3. The van der Waals surface area contributed by atoms with Gasteiger partial charge in [0.2, 0.25) is 5.91 Å². The quantitative estimate of drug-likeness (QED) is 0.0793. The minimum atomic E-state index is -0.608. The van der Waals surface area contributed by atoms with E-state index in [1.54, 1.807) is 0 Å². The summed E-state index contributed by atoms with van der Waals surface area (Å²) in [5.74, 6) is 0.191. The molecule has 1 aliphatic heterocycles. The average Bonchev–Trinajstić information content (AvgIpc) is 3.47. The van der Waals surface area contributed by atoms with Crippen molar-refractivity contribution in [2.75, 3.05) is 19.8 Å². The Bertz CT molecular complexity index is 585. The number of nitrogens with one attached hydrogen (secondary N) is 1. The number of aliphatic hydroxyl groups is 1. The highest BCUT2D eigenvalue weighted by Gasteiger charge is 2.44. The molecule has 230 valence electrons. The molecule has 0 spiro atoms. The third-order valence-corrected chi connectivity index (χ3v) is 8.99. The van der Waals surface area contributed by atoms with Crippen LogP contribution in [-0.4, -0.2) is 41.8 Å². The fourth-order valence-electron chi connectivity index (χ4n) is 6.19. The Balaban J connectivity index is 2.35. The van der Waals surface area contributed by atoms with Crippen LogP contribution in [0.25, 0.3) is 0 Å². The molecule has 0 aliphatic carbocycles. The number of rotatable bonds is 27. The highest BCUT2D eigenvalue weighted by atomic mass is 16.3. The molecular weight excluding hydrogens is 480 g/mol. The minimum Gasteiger partial charge on any atom is -0.392 e. The second-order valence-corrected chi connectivity index (χ2v) is 12.5. The van der Waals surface area contributed by atoms with Crippen LogP contribution in [0.5, 0.6) is 0 Å². The zero-order valence-electron chi connectivity index (χ0n) is 26.6. The largest absolute Gasteiger partial charge is 0.392 e. The fourth-order valence-corrected chi connectivity index (χ4v) is 6.19. The lowest BCUT2D eigenvalue weighted by atomic mass is 9.72. The van der Waals surface area contributed by atoms with E-state index in [1.165, 1.54) is 122 Å². The van der Waals surface area contributed by atoms with Gasteiger partial charge in [0, 0.05) is 13.1 Å². The van der Waals surface area contributed by atoms with Crippen molar-refractivity contribution < 1.29 is 9.90 Å². The van der Waals surface area contributed by atoms with Crippen molar-refractivity contribution in [2.24, 2.45) is 5.41 Å². The van der Waals surface area contributed by atoms with Crippen LogP contribution in [0.4, 0.5) is 0 Å². The first-order chi connectivity index (χ1) is 19.1. The van der Waals surface area contributed by atoms with Gasteiger partial charge in [-0.05, 0) is 45.4 Å². The lowest BCUT2D eigenvalue weighted by molar-refractivity contribution is -0.149. The number of hydrogen-bond donors (Lipinski definition) is 2. The van der Waals surface area contributed by atoms with Crippen molar-refractivity contribution in [1.29, 1.82) is 0 Å². The van der Waals surface area contributed by atoms with Crippen molar-refractivity contribution >= 4 is 5.91 Å². The summed E-state index contributed by atoms with van der Waals surface area (Å²) in [7, 11) is 0. The fraction of sp³-hybridized carbons (Fsp3) is 0.914. The summed E-state index contributed by atoms with van der Waals surface area (Å²) in [6, 6.07) is 0. The predicted octanol–water partition coefficient (Wildman–Crippen LogP) is 9.70. The van der Waals surface area contributed by atoms with Gasteiger partial charge < -0.3 is 10.0 Å². The number of amides is 1. The van der Waals surface area contributed by atoms with Crippen LogP contribution in [0.15, 0.2) is 12.2 Å². The molecule has 0 radical (unpaired) electrons. The van der Waals surface area contributed by atoms with E-state index < -0.39 is 11.5 Å². The van der Waals surface area contributed by atoms with E-state index in [-0.39, 0.29) is 5.91 Å². The van der Waals surface area contributed by atoms with Gasteiger partial charge in [0.15, 0.2) is 0 Å². The molecule has 1 fully saturated rings. The first-order valence-corrected chi connectivity index (χ1v) is 17.4. The number of allylic oxidation sites excluding steroid dienone is 2. The molecule has 2 unspecified atom stereocenters. The van der Waals surface area contributed by atoms with E-state index in [2.05, 4.69) is 31.3 Å². The molecule has 39 heavy (non-hydrogen) atoms. The number of carbonyl (C=O) groups excluding carboxylic acids is 1. The Hall–Kier alpha value is -0.870. The van der Waals surface area contributed by atoms with Crippen LogP contribution in [0.2, 0.25) is 0 Å². The molecular formula is C35H68N2O2. The van der Waals surface area contributed by atoms with Gasteiger partial charge in [0.05, 0.1) is 18.2 Å². The maximum Gasteiger partial charge on any atom is 0.232 e. The molecule has 0 aromatic rings. The second kappa shape index (κ2) is 24.9. The summed E-state index contributed by atoms with van der Waals surface area (Å²) in [5.41, 5.74) is -0.608. The van der Waals surface area contributed by atoms with Crippen LogP contribution in [0.3, 0.4) is 0 Å². The Morgan fingerprint density at radius 1 is 0.718 bits per heavy atom. The van der Waals surface area contributed by atoms with Crippen molar-refractivity contribution in [3.05, 3.63) is 12.2 Å². The first-order valence-electron chi connectivity index (χ1n) is 17.4. The van der Waals surface area contributed by atoms with E-state index in [4.69, 9.17) is 0 Å². The van der Waals surface area contributed by atoms with E-state index in [0.29, 0.717) is 6.67 Å². The Kier molecular flexibility index (Phi) is 23.1. The van der Waals surface area contributed by atoms with Gasteiger partial charge in [-0.25, -0.2) is 0 Å². The molecule has 1 heterocycles. The molecule has 0 aromatic carbocycles. The summed E-state index contributed by atoms with van der Waals surface area (Å²) < 4.78 is 0. The zero-order valence-corrected chi connectivity index (χ0v) is 26.6. The minimum absolute atomic E-state index is 0.191. The molecule has 4 heteroatoms. The Morgan fingerprint density at radius 3 is 1.51 bits per heavy atom. The Labute approximate surface area is 244 Å². The average molecular weight is 549 g/mol. The molecule has 1 saturated heterocycles. The maximum atomic E-state index is 13.7. The molecule has 2 atom stereocenters. The predicted molar refractivity (Wildman–Crippen MR) is 170 cm³/mol. The first kappa shape index (κ1) is 36.2. The normalized spacial score (nSPS) is 16.3. The van der Waals surface area contributed by atoms with Crippen molar-refractivity contribution in [3.8, 4) is 0 Å². The van der Waals surface area contributed by atoms with Gasteiger partial charge in [0.1, 0.15) is 0 Å². The third kappa shape index (κ3) is 16.9. The van der Waals surface area contributed by atoms with Crippen molar-refractivity contribution in [3.63, 3.8) is 0 Å². The van der Waals surface area contributed by atoms with Crippen LogP contribution < -0.4 is 5.32 Å². The molecule has 4 nitrogen and oxygen atoms in total. The SMILES string of the molecule is CCCCCCCC/C=C\CCCCCCC(CCCCCCCCCCCC)(C(=O)N1CCNC1)C(C)O. The lowest BCUT2D eigenvalue weighted by Gasteiger charge is -2.38. The molecule has 0 saturated carbocycles.